The molecule has 0 atom stereocenters. The molecule has 45 heavy (non-hydrogen) atoms. The van der Waals surface area contributed by atoms with Crippen molar-refractivity contribution in [3.8, 4) is 22.3 Å². The van der Waals surface area contributed by atoms with Gasteiger partial charge in [-0.25, -0.2) is 0 Å². The minimum Gasteiger partial charge on any atom is -0.455 e. The van der Waals surface area contributed by atoms with Gasteiger partial charge in [-0.1, -0.05) is 133 Å². The molecule has 0 N–H and O–H groups in total. The molecule has 0 fully saturated rings. The van der Waals surface area contributed by atoms with Gasteiger partial charge in [0.15, 0.2) is 0 Å². The molecule has 0 spiro atoms. The normalized spacial score (nSPS) is 12.0. The fourth-order valence-corrected chi connectivity index (χ4v) is 7.57. The van der Waals surface area contributed by atoms with Crippen LogP contribution in [-0.2, 0) is 0 Å². The van der Waals surface area contributed by atoms with Crippen molar-refractivity contribution < 1.29 is 4.42 Å². The van der Waals surface area contributed by atoms with Gasteiger partial charge in [-0.2, -0.15) is 0 Å². The third-order valence-electron chi connectivity index (χ3n) is 9.62. The lowest BCUT2D eigenvalue weighted by Gasteiger charge is -2.18. The molecule has 1 heteroatoms. The topological polar surface area (TPSA) is 13.1 Å². The lowest BCUT2D eigenvalue weighted by atomic mass is 9.85. The van der Waals surface area contributed by atoms with E-state index >= 15 is 0 Å². The Morgan fingerprint density at radius 1 is 0.289 bits per heavy atom. The Hall–Kier alpha value is -5.92. The second-order valence-electron chi connectivity index (χ2n) is 12.0. The zero-order valence-corrected chi connectivity index (χ0v) is 24.4. The van der Waals surface area contributed by atoms with E-state index in [1.165, 1.54) is 65.2 Å². The molecule has 1 nitrogen and oxygen atoms in total. The maximum Gasteiger partial charge on any atom is 0.143 e. The highest BCUT2D eigenvalue weighted by molar-refractivity contribution is 6.23. The third kappa shape index (κ3) is 3.56. The van der Waals surface area contributed by atoms with Gasteiger partial charge in [0.25, 0.3) is 0 Å². The van der Waals surface area contributed by atoms with Crippen LogP contribution in [0, 0.1) is 0 Å². The Labute approximate surface area is 259 Å². The van der Waals surface area contributed by atoms with E-state index in [2.05, 4.69) is 158 Å². The van der Waals surface area contributed by atoms with Crippen molar-refractivity contribution >= 4 is 75.8 Å². The molecule has 1 aromatic heterocycles. The van der Waals surface area contributed by atoms with E-state index in [0.29, 0.717) is 0 Å². The molecule has 0 aliphatic heterocycles. The second kappa shape index (κ2) is 9.29. The van der Waals surface area contributed by atoms with Crippen LogP contribution < -0.4 is 0 Å². The van der Waals surface area contributed by atoms with E-state index in [1.807, 2.05) is 0 Å². The first-order valence-electron chi connectivity index (χ1n) is 15.5. The summed E-state index contributed by atoms with van der Waals surface area (Å²) in [5.41, 5.74) is 6.78. The van der Waals surface area contributed by atoms with Crippen LogP contribution in [-0.4, -0.2) is 0 Å². The van der Waals surface area contributed by atoms with Crippen LogP contribution in [0.3, 0.4) is 0 Å². The average Bonchev–Trinajstić information content (AvgIpc) is 3.49. The van der Waals surface area contributed by atoms with Crippen LogP contribution in [0.25, 0.3) is 98.1 Å². The molecule has 0 saturated carbocycles. The predicted octanol–water partition coefficient (Wildman–Crippen LogP) is 12.7. The highest BCUT2D eigenvalue weighted by Gasteiger charge is 2.18. The summed E-state index contributed by atoms with van der Waals surface area (Å²) in [7, 11) is 0. The van der Waals surface area contributed by atoms with E-state index in [1.54, 1.807) is 0 Å². The van der Waals surface area contributed by atoms with Gasteiger partial charge in [0.2, 0.25) is 0 Å². The molecule has 0 amide bonds. The summed E-state index contributed by atoms with van der Waals surface area (Å²) in [6.45, 7) is 0. The van der Waals surface area contributed by atoms with Gasteiger partial charge in [0, 0.05) is 16.2 Å². The molecule has 0 unspecified atom stereocenters. The van der Waals surface area contributed by atoms with E-state index in [4.69, 9.17) is 4.42 Å². The SMILES string of the molecule is c1ccc2c(c1)ccc1ccc(-c3c4ccccc4c(-c4ccc5c(c4)oc4c6ccccc6ccc54)c4ccccc34)cc12. The van der Waals surface area contributed by atoms with E-state index < -0.39 is 0 Å². The molecular weight excluding hydrogens is 544 g/mol. The van der Waals surface area contributed by atoms with Crippen LogP contribution in [0.2, 0.25) is 0 Å². The molecule has 0 radical (unpaired) electrons. The summed E-state index contributed by atoms with van der Waals surface area (Å²) in [6, 6.07) is 57.4. The fraction of sp³-hybridized carbons (Fsp3) is 0. The Morgan fingerprint density at radius 3 is 1.40 bits per heavy atom. The Balaban J connectivity index is 1.26. The Kier molecular flexibility index (Phi) is 5.06. The average molecular weight is 571 g/mol. The maximum atomic E-state index is 6.62. The standard InChI is InChI=1S/C44H26O/c1-3-11-32-27(9-1)17-18-29-19-20-30(25-40(29)32)42-35-13-5-7-15-37(35)43(38-16-8-6-14-36(38)42)31-22-23-34-39-24-21-28-10-2-4-12-33(28)44(39)45-41(34)26-31/h1-26H. The minimum absolute atomic E-state index is 0.914. The minimum atomic E-state index is 0.914. The van der Waals surface area contributed by atoms with Crippen molar-refractivity contribution in [2.75, 3.05) is 0 Å². The van der Waals surface area contributed by atoms with Gasteiger partial charge >= 0.3 is 0 Å². The molecule has 0 aliphatic carbocycles. The molecule has 9 aromatic carbocycles. The largest absolute Gasteiger partial charge is 0.455 e. The quantitative estimate of drug-likeness (QED) is 0.149. The third-order valence-corrected chi connectivity index (χ3v) is 9.62. The van der Waals surface area contributed by atoms with Crippen LogP contribution in [0.15, 0.2) is 162 Å². The summed E-state index contributed by atoms with van der Waals surface area (Å²) in [5.74, 6) is 0. The van der Waals surface area contributed by atoms with Crippen LogP contribution in [0.4, 0.5) is 0 Å². The van der Waals surface area contributed by atoms with Gasteiger partial charge in [0.1, 0.15) is 11.2 Å². The molecule has 0 saturated heterocycles. The number of hydrogen-bond acceptors (Lipinski definition) is 1. The monoisotopic (exact) mass is 570 g/mol. The van der Waals surface area contributed by atoms with Gasteiger partial charge in [-0.3, -0.25) is 0 Å². The van der Waals surface area contributed by atoms with E-state index in [0.717, 1.165) is 32.9 Å². The summed E-state index contributed by atoms with van der Waals surface area (Å²) < 4.78 is 6.62. The Bertz CT molecular complexity index is 2760. The summed E-state index contributed by atoms with van der Waals surface area (Å²) >= 11 is 0. The van der Waals surface area contributed by atoms with Crippen molar-refractivity contribution in [2.45, 2.75) is 0 Å². The van der Waals surface area contributed by atoms with Crippen molar-refractivity contribution in [3.05, 3.63) is 158 Å². The molecule has 208 valence electrons. The van der Waals surface area contributed by atoms with Crippen molar-refractivity contribution in [2.24, 2.45) is 0 Å². The summed E-state index contributed by atoms with van der Waals surface area (Å²) in [6.07, 6.45) is 0. The molecule has 10 rings (SSSR count). The molecule has 1 heterocycles. The summed E-state index contributed by atoms with van der Waals surface area (Å²) in [4.78, 5) is 0. The number of hydrogen-bond donors (Lipinski definition) is 0. The van der Waals surface area contributed by atoms with Crippen LogP contribution in [0.5, 0.6) is 0 Å². The van der Waals surface area contributed by atoms with Gasteiger partial charge < -0.3 is 4.42 Å². The zero-order chi connectivity index (χ0) is 29.5. The van der Waals surface area contributed by atoms with Crippen LogP contribution in [0.1, 0.15) is 0 Å². The highest BCUT2D eigenvalue weighted by atomic mass is 16.3. The number of rotatable bonds is 2. The number of fused-ring (bicyclic) bond motifs is 10. The molecule has 0 aliphatic rings. The van der Waals surface area contributed by atoms with Gasteiger partial charge in [-0.05, 0) is 95.0 Å². The Morgan fingerprint density at radius 2 is 0.733 bits per heavy atom. The van der Waals surface area contributed by atoms with Crippen molar-refractivity contribution in [1.82, 2.24) is 0 Å². The smallest absolute Gasteiger partial charge is 0.143 e. The maximum absolute atomic E-state index is 6.62. The van der Waals surface area contributed by atoms with Gasteiger partial charge in [0.05, 0.1) is 0 Å². The van der Waals surface area contributed by atoms with Crippen LogP contribution >= 0.6 is 0 Å². The number of furan rings is 1. The fourth-order valence-electron chi connectivity index (χ4n) is 7.57. The molecule has 0 bridgehead atoms. The van der Waals surface area contributed by atoms with E-state index in [-0.39, 0.29) is 0 Å². The van der Waals surface area contributed by atoms with Gasteiger partial charge in [-0.15, -0.1) is 0 Å². The first kappa shape index (κ1) is 24.5. The summed E-state index contributed by atoms with van der Waals surface area (Å²) in [5, 5.41) is 14.7. The zero-order valence-electron chi connectivity index (χ0n) is 24.4. The van der Waals surface area contributed by atoms with E-state index in [9.17, 15) is 0 Å². The highest BCUT2D eigenvalue weighted by Crippen LogP contribution is 2.45. The first-order valence-corrected chi connectivity index (χ1v) is 15.5. The molecule has 10 aromatic rings. The lowest BCUT2D eigenvalue weighted by molar-refractivity contribution is 0.673. The number of benzene rings is 9. The first-order chi connectivity index (χ1) is 22.3. The predicted molar refractivity (Wildman–Crippen MR) is 192 cm³/mol. The lowest BCUT2D eigenvalue weighted by Crippen LogP contribution is -1.91. The van der Waals surface area contributed by atoms with Crippen molar-refractivity contribution in [1.29, 1.82) is 0 Å². The second-order valence-corrected chi connectivity index (χ2v) is 12.0. The van der Waals surface area contributed by atoms with Crippen molar-refractivity contribution in [3.63, 3.8) is 0 Å². The molecular formula is C44H26O.